The lowest BCUT2D eigenvalue weighted by atomic mass is 9.81. The molecule has 3 rings (SSSR count). The normalized spacial score (nSPS) is 24.0. The predicted molar refractivity (Wildman–Crippen MR) is 93.9 cm³/mol. The SMILES string of the molecule is CN(C(C1=CC=CCC1)C1=COC=CO1)C1(CCO)CCNCC1. The number of aliphatic hydroxyl groups is 1. The van der Waals surface area contributed by atoms with Gasteiger partial charge >= 0.3 is 0 Å². The second-order valence-electron chi connectivity index (χ2n) is 6.72. The highest BCUT2D eigenvalue weighted by molar-refractivity contribution is 5.30. The molecule has 2 aliphatic heterocycles. The van der Waals surface area contributed by atoms with Crippen LogP contribution < -0.4 is 5.32 Å². The molecule has 5 heteroatoms. The third-order valence-corrected chi connectivity index (χ3v) is 5.44. The minimum Gasteiger partial charge on any atom is -0.466 e. The summed E-state index contributed by atoms with van der Waals surface area (Å²) in [6.07, 6.45) is 16.2. The van der Waals surface area contributed by atoms with Crippen molar-refractivity contribution in [2.75, 3.05) is 26.7 Å². The van der Waals surface area contributed by atoms with E-state index in [1.165, 1.54) is 5.57 Å². The lowest BCUT2D eigenvalue weighted by molar-refractivity contribution is 0.0252. The van der Waals surface area contributed by atoms with Crippen LogP contribution in [0.1, 0.15) is 32.1 Å². The standard InChI is InChI=1S/C19H28N2O3/c1-21(19(9-12-22)7-10-20-11-8-19)18(16-5-3-2-4-6-16)17-15-23-13-14-24-17/h2-3,5,13-15,18,20,22H,4,6-12H2,1H3. The van der Waals surface area contributed by atoms with Gasteiger partial charge in [0.1, 0.15) is 18.8 Å². The Hall–Kier alpha value is -1.56. The van der Waals surface area contributed by atoms with Crippen LogP contribution in [0.25, 0.3) is 0 Å². The smallest absolute Gasteiger partial charge is 0.160 e. The van der Waals surface area contributed by atoms with Crippen LogP contribution in [0.5, 0.6) is 0 Å². The molecule has 1 atom stereocenters. The molecule has 0 spiro atoms. The maximum Gasteiger partial charge on any atom is 0.160 e. The molecule has 1 unspecified atom stereocenters. The maximum absolute atomic E-state index is 9.68. The zero-order chi connectivity index (χ0) is 16.8. The van der Waals surface area contributed by atoms with Gasteiger partial charge in [-0.3, -0.25) is 4.90 Å². The highest BCUT2D eigenvalue weighted by Gasteiger charge is 2.41. The molecule has 0 aromatic carbocycles. The Labute approximate surface area is 144 Å². The first-order chi connectivity index (χ1) is 11.8. The lowest BCUT2D eigenvalue weighted by Crippen LogP contribution is -2.58. The van der Waals surface area contributed by atoms with Gasteiger partial charge in [-0.05, 0) is 57.8 Å². The van der Waals surface area contributed by atoms with Crippen molar-refractivity contribution in [2.45, 2.75) is 43.7 Å². The average Bonchev–Trinajstić information content (AvgIpc) is 2.65. The van der Waals surface area contributed by atoms with E-state index in [-0.39, 0.29) is 18.2 Å². The zero-order valence-corrected chi connectivity index (χ0v) is 14.4. The van der Waals surface area contributed by atoms with Gasteiger partial charge in [-0.15, -0.1) is 0 Å². The molecule has 0 bridgehead atoms. The Morgan fingerprint density at radius 3 is 2.79 bits per heavy atom. The summed E-state index contributed by atoms with van der Waals surface area (Å²) >= 11 is 0. The predicted octanol–water partition coefficient (Wildman–Crippen LogP) is 2.43. The van der Waals surface area contributed by atoms with Gasteiger partial charge in [0.25, 0.3) is 0 Å². The van der Waals surface area contributed by atoms with Crippen molar-refractivity contribution in [3.8, 4) is 0 Å². The van der Waals surface area contributed by atoms with Gasteiger partial charge in [0.05, 0.1) is 6.04 Å². The molecule has 132 valence electrons. The lowest BCUT2D eigenvalue weighted by Gasteiger charge is -2.49. The summed E-state index contributed by atoms with van der Waals surface area (Å²) in [5, 5.41) is 13.1. The summed E-state index contributed by atoms with van der Waals surface area (Å²) in [7, 11) is 2.16. The van der Waals surface area contributed by atoms with Gasteiger partial charge in [-0.2, -0.15) is 0 Å². The number of aliphatic hydroxyl groups excluding tert-OH is 1. The van der Waals surface area contributed by atoms with Crippen LogP contribution in [-0.4, -0.2) is 48.3 Å². The number of hydrogen-bond donors (Lipinski definition) is 2. The number of hydrogen-bond acceptors (Lipinski definition) is 5. The fraction of sp³-hybridized carbons (Fsp3) is 0.579. The molecule has 0 radical (unpaired) electrons. The van der Waals surface area contributed by atoms with Crippen molar-refractivity contribution in [3.05, 3.63) is 48.3 Å². The second kappa shape index (κ2) is 8.01. The van der Waals surface area contributed by atoms with Gasteiger partial charge in [0.15, 0.2) is 5.76 Å². The molecule has 0 amide bonds. The summed E-state index contributed by atoms with van der Waals surface area (Å²) in [6.45, 7) is 2.16. The van der Waals surface area contributed by atoms with Crippen LogP contribution in [0.2, 0.25) is 0 Å². The van der Waals surface area contributed by atoms with Crippen LogP contribution in [0, 0.1) is 0 Å². The summed E-state index contributed by atoms with van der Waals surface area (Å²) in [4.78, 5) is 2.41. The van der Waals surface area contributed by atoms with Crippen LogP contribution in [0.15, 0.2) is 48.3 Å². The number of rotatable bonds is 6. The Kier molecular flexibility index (Phi) is 5.76. The number of likely N-dealkylation sites (N-methyl/N-ethyl adjacent to an activating group) is 1. The van der Waals surface area contributed by atoms with Crippen LogP contribution in [0.3, 0.4) is 0 Å². The van der Waals surface area contributed by atoms with Crippen LogP contribution in [-0.2, 0) is 9.47 Å². The van der Waals surface area contributed by atoms with Gasteiger partial charge in [-0.25, -0.2) is 0 Å². The van der Waals surface area contributed by atoms with E-state index < -0.39 is 0 Å². The second-order valence-corrected chi connectivity index (χ2v) is 6.72. The fourth-order valence-electron chi connectivity index (χ4n) is 4.03. The fourth-order valence-corrected chi connectivity index (χ4v) is 4.03. The summed E-state index contributed by atoms with van der Waals surface area (Å²) < 4.78 is 11.2. The number of ether oxygens (including phenoxy) is 2. The van der Waals surface area contributed by atoms with Crippen LogP contribution >= 0.6 is 0 Å². The van der Waals surface area contributed by atoms with E-state index in [0.717, 1.165) is 51.0 Å². The minimum atomic E-state index is -0.0297. The van der Waals surface area contributed by atoms with E-state index in [1.807, 2.05) is 0 Å². The Bertz CT molecular complexity index is 539. The average molecular weight is 332 g/mol. The summed E-state index contributed by atoms with van der Waals surface area (Å²) in [5.74, 6) is 0.817. The number of piperidine rings is 1. The molecule has 0 aromatic heterocycles. The highest BCUT2D eigenvalue weighted by atomic mass is 16.5. The molecular formula is C19H28N2O3. The van der Waals surface area contributed by atoms with Crippen LogP contribution in [0.4, 0.5) is 0 Å². The number of nitrogens with zero attached hydrogens (tertiary/aromatic N) is 1. The van der Waals surface area contributed by atoms with E-state index in [2.05, 4.69) is 35.5 Å². The van der Waals surface area contributed by atoms with Gasteiger partial charge < -0.3 is 19.9 Å². The molecule has 1 aliphatic carbocycles. The highest BCUT2D eigenvalue weighted by Crippen LogP contribution is 2.36. The molecule has 0 saturated carbocycles. The van der Waals surface area contributed by atoms with E-state index in [9.17, 15) is 5.11 Å². The van der Waals surface area contributed by atoms with E-state index in [1.54, 1.807) is 18.8 Å². The van der Waals surface area contributed by atoms with Crippen molar-refractivity contribution < 1.29 is 14.6 Å². The molecule has 5 nitrogen and oxygen atoms in total. The van der Waals surface area contributed by atoms with Crippen molar-refractivity contribution in [3.63, 3.8) is 0 Å². The Balaban J connectivity index is 1.92. The van der Waals surface area contributed by atoms with Crippen molar-refractivity contribution >= 4 is 0 Å². The van der Waals surface area contributed by atoms with E-state index >= 15 is 0 Å². The first kappa shape index (κ1) is 17.3. The summed E-state index contributed by atoms with van der Waals surface area (Å²) in [5.41, 5.74) is 1.30. The monoisotopic (exact) mass is 332 g/mol. The van der Waals surface area contributed by atoms with Crippen molar-refractivity contribution in [2.24, 2.45) is 0 Å². The largest absolute Gasteiger partial charge is 0.466 e. The van der Waals surface area contributed by atoms with Crippen molar-refractivity contribution in [1.82, 2.24) is 10.2 Å². The Morgan fingerprint density at radius 1 is 1.33 bits per heavy atom. The quantitative estimate of drug-likeness (QED) is 0.782. The summed E-state index contributed by atoms with van der Waals surface area (Å²) in [6, 6.07) is 0.0320. The maximum atomic E-state index is 9.68. The number of nitrogens with one attached hydrogen (secondary N) is 1. The molecule has 2 N–H and O–H groups in total. The van der Waals surface area contributed by atoms with E-state index in [4.69, 9.17) is 9.47 Å². The molecule has 0 aromatic rings. The first-order valence-electron chi connectivity index (χ1n) is 8.84. The third kappa shape index (κ3) is 3.58. The van der Waals surface area contributed by atoms with Crippen molar-refractivity contribution in [1.29, 1.82) is 0 Å². The molecule has 24 heavy (non-hydrogen) atoms. The Morgan fingerprint density at radius 2 is 2.17 bits per heavy atom. The van der Waals surface area contributed by atoms with Gasteiger partial charge in [0, 0.05) is 12.1 Å². The third-order valence-electron chi connectivity index (χ3n) is 5.44. The first-order valence-corrected chi connectivity index (χ1v) is 8.84. The van der Waals surface area contributed by atoms with Gasteiger partial charge in [0.2, 0.25) is 0 Å². The zero-order valence-electron chi connectivity index (χ0n) is 14.4. The van der Waals surface area contributed by atoms with E-state index in [0.29, 0.717) is 0 Å². The topological polar surface area (TPSA) is 54.0 Å². The molecular weight excluding hydrogens is 304 g/mol. The number of allylic oxidation sites excluding steroid dienone is 3. The minimum absolute atomic E-state index is 0.0297. The molecule has 2 heterocycles. The molecule has 1 fully saturated rings. The molecule has 1 saturated heterocycles. The van der Waals surface area contributed by atoms with Gasteiger partial charge in [-0.1, -0.05) is 18.2 Å². The molecule has 3 aliphatic rings.